The van der Waals surface area contributed by atoms with Gasteiger partial charge in [0.05, 0.1) is 28.6 Å². The molecule has 0 atom stereocenters. The minimum atomic E-state index is 0.585. The maximum absolute atomic E-state index is 9.18. The lowest BCUT2D eigenvalue weighted by Crippen LogP contribution is -1.96. The molecule has 0 amide bonds. The summed E-state index contributed by atoms with van der Waals surface area (Å²) in [5.74, 6) is 0. The zero-order valence-electron chi connectivity index (χ0n) is 10.2. The van der Waals surface area contributed by atoms with E-state index in [4.69, 9.17) is 5.26 Å². The normalized spacial score (nSPS) is 9.47. The number of anilines is 2. The molecule has 0 spiro atoms. The van der Waals surface area contributed by atoms with Gasteiger partial charge in [-0.2, -0.15) is 10.5 Å². The predicted octanol–water partition coefficient (Wildman–Crippen LogP) is 4.24. The highest BCUT2D eigenvalue weighted by Crippen LogP contribution is 2.29. The average Bonchev–Trinajstić information content (AvgIpc) is 2.41. The Morgan fingerprint density at radius 2 is 1.84 bits per heavy atom. The van der Waals surface area contributed by atoms with E-state index < -0.39 is 0 Å². The van der Waals surface area contributed by atoms with Gasteiger partial charge < -0.3 is 5.32 Å². The van der Waals surface area contributed by atoms with E-state index in [-0.39, 0.29) is 0 Å². The fourth-order valence-electron chi connectivity index (χ4n) is 1.75. The molecule has 0 saturated heterocycles. The SMILES string of the molecule is Cc1cccc(Nc2ccc(C#N)cc2Br)c1C#N. The van der Waals surface area contributed by atoms with Crippen LogP contribution < -0.4 is 5.32 Å². The fraction of sp³-hybridized carbons (Fsp3) is 0.0667. The Morgan fingerprint density at radius 3 is 2.47 bits per heavy atom. The van der Waals surface area contributed by atoms with E-state index in [9.17, 15) is 5.26 Å². The number of nitriles is 2. The molecule has 0 fully saturated rings. The summed E-state index contributed by atoms with van der Waals surface area (Å²) in [4.78, 5) is 0. The Hall–Kier alpha value is -2.30. The van der Waals surface area contributed by atoms with E-state index in [2.05, 4.69) is 33.4 Å². The third-order valence-corrected chi connectivity index (χ3v) is 3.41. The van der Waals surface area contributed by atoms with Gasteiger partial charge in [0, 0.05) is 4.47 Å². The predicted molar refractivity (Wildman–Crippen MR) is 78.0 cm³/mol. The maximum atomic E-state index is 9.18. The largest absolute Gasteiger partial charge is 0.354 e. The summed E-state index contributed by atoms with van der Waals surface area (Å²) < 4.78 is 0.789. The molecule has 0 aliphatic heterocycles. The number of rotatable bonds is 2. The Balaban J connectivity index is 2.41. The molecule has 0 aliphatic carbocycles. The summed E-state index contributed by atoms with van der Waals surface area (Å²) in [5.41, 5.74) is 3.72. The molecule has 0 radical (unpaired) electrons. The lowest BCUT2D eigenvalue weighted by molar-refractivity contribution is 1.38. The van der Waals surface area contributed by atoms with E-state index in [0.29, 0.717) is 11.1 Å². The van der Waals surface area contributed by atoms with Gasteiger partial charge in [0.2, 0.25) is 0 Å². The van der Waals surface area contributed by atoms with Gasteiger partial charge in [0.25, 0.3) is 0 Å². The van der Waals surface area contributed by atoms with Crippen molar-refractivity contribution in [3.63, 3.8) is 0 Å². The number of hydrogen-bond acceptors (Lipinski definition) is 3. The second kappa shape index (κ2) is 5.56. The lowest BCUT2D eigenvalue weighted by Gasteiger charge is -2.11. The zero-order chi connectivity index (χ0) is 13.8. The van der Waals surface area contributed by atoms with Crippen LogP contribution in [-0.4, -0.2) is 0 Å². The standard InChI is InChI=1S/C15H10BrN3/c1-10-3-2-4-14(12(10)9-18)19-15-6-5-11(8-17)7-13(15)16/h2-7,19H,1H3. The van der Waals surface area contributed by atoms with Gasteiger partial charge in [0.15, 0.2) is 0 Å². The van der Waals surface area contributed by atoms with Crippen LogP contribution >= 0.6 is 15.9 Å². The fourth-order valence-corrected chi connectivity index (χ4v) is 2.23. The molecule has 0 heterocycles. The van der Waals surface area contributed by atoms with Gasteiger partial charge in [-0.05, 0) is 52.7 Å². The number of nitrogens with one attached hydrogen (secondary N) is 1. The minimum absolute atomic E-state index is 0.585. The molecule has 2 rings (SSSR count). The van der Waals surface area contributed by atoms with E-state index in [1.807, 2.05) is 31.2 Å². The number of hydrogen-bond donors (Lipinski definition) is 1. The quantitative estimate of drug-likeness (QED) is 0.902. The average molecular weight is 312 g/mol. The monoisotopic (exact) mass is 311 g/mol. The molecule has 2 aromatic carbocycles. The third kappa shape index (κ3) is 2.76. The summed E-state index contributed by atoms with van der Waals surface area (Å²) in [6.07, 6.45) is 0. The van der Waals surface area contributed by atoms with Crippen molar-refractivity contribution in [2.24, 2.45) is 0 Å². The number of nitrogens with zero attached hydrogens (tertiary/aromatic N) is 2. The van der Waals surface area contributed by atoms with Gasteiger partial charge in [-0.3, -0.25) is 0 Å². The molecule has 0 saturated carbocycles. The second-order valence-electron chi connectivity index (χ2n) is 4.04. The molecule has 3 nitrogen and oxygen atoms in total. The summed E-state index contributed by atoms with van der Waals surface area (Å²) >= 11 is 3.41. The first-order valence-corrected chi connectivity index (χ1v) is 6.41. The van der Waals surface area contributed by atoms with Gasteiger partial charge >= 0.3 is 0 Å². The molecule has 0 unspecified atom stereocenters. The first kappa shape index (κ1) is 13.1. The molecule has 0 aliphatic rings. The maximum Gasteiger partial charge on any atom is 0.102 e. The smallest absolute Gasteiger partial charge is 0.102 e. The number of benzene rings is 2. The van der Waals surface area contributed by atoms with Crippen LogP contribution in [0.15, 0.2) is 40.9 Å². The second-order valence-corrected chi connectivity index (χ2v) is 4.90. The molecule has 0 bridgehead atoms. The summed E-state index contributed by atoms with van der Waals surface area (Å²) in [5, 5.41) is 21.2. The molecule has 92 valence electrons. The number of halogens is 1. The molecule has 4 heteroatoms. The van der Waals surface area contributed by atoms with Crippen LogP contribution in [0.4, 0.5) is 11.4 Å². The van der Waals surface area contributed by atoms with Crippen molar-refractivity contribution in [3.05, 3.63) is 57.6 Å². The Bertz CT molecular complexity index is 708. The van der Waals surface area contributed by atoms with Gasteiger partial charge in [-0.25, -0.2) is 0 Å². The van der Waals surface area contributed by atoms with Crippen molar-refractivity contribution >= 4 is 27.3 Å². The summed E-state index contributed by atoms with van der Waals surface area (Å²) in [6, 6.07) is 15.2. The van der Waals surface area contributed by atoms with Crippen LogP contribution in [0.5, 0.6) is 0 Å². The van der Waals surface area contributed by atoms with Crippen LogP contribution in [0.2, 0.25) is 0 Å². The van der Waals surface area contributed by atoms with Crippen LogP contribution in [0, 0.1) is 29.6 Å². The van der Waals surface area contributed by atoms with Crippen molar-refractivity contribution in [1.82, 2.24) is 0 Å². The van der Waals surface area contributed by atoms with Crippen molar-refractivity contribution < 1.29 is 0 Å². The van der Waals surface area contributed by atoms with Gasteiger partial charge in [-0.1, -0.05) is 12.1 Å². The molecule has 0 aromatic heterocycles. The molecule has 19 heavy (non-hydrogen) atoms. The Labute approximate surface area is 120 Å². The van der Waals surface area contributed by atoms with E-state index in [0.717, 1.165) is 21.4 Å². The van der Waals surface area contributed by atoms with E-state index in [1.54, 1.807) is 12.1 Å². The van der Waals surface area contributed by atoms with Crippen molar-refractivity contribution in [2.75, 3.05) is 5.32 Å². The molecule has 2 aromatic rings. The highest BCUT2D eigenvalue weighted by molar-refractivity contribution is 9.10. The van der Waals surface area contributed by atoms with Crippen LogP contribution in [0.3, 0.4) is 0 Å². The van der Waals surface area contributed by atoms with E-state index >= 15 is 0 Å². The molecule has 1 N–H and O–H groups in total. The van der Waals surface area contributed by atoms with Crippen LogP contribution in [-0.2, 0) is 0 Å². The Morgan fingerprint density at radius 1 is 1.05 bits per heavy atom. The van der Waals surface area contributed by atoms with Crippen molar-refractivity contribution in [3.8, 4) is 12.1 Å². The summed E-state index contributed by atoms with van der Waals surface area (Å²) in [6.45, 7) is 1.90. The van der Waals surface area contributed by atoms with Crippen molar-refractivity contribution in [1.29, 1.82) is 10.5 Å². The first-order valence-electron chi connectivity index (χ1n) is 5.62. The zero-order valence-corrected chi connectivity index (χ0v) is 11.8. The summed E-state index contributed by atoms with van der Waals surface area (Å²) in [7, 11) is 0. The Kier molecular flexibility index (Phi) is 3.85. The third-order valence-electron chi connectivity index (χ3n) is 2.75. The molecular formula is C15H10BrN3. The minimum Gasteiger partial charge on any atom is -0.354 e. The first-order chi connectivity index (χ1) is 9.15. The van der Waals surface area contributed by atoms with Crippen LogP contribution in [0.25, 0.3) is 0 Å². The van der Waals surface area contributed by atoms with Crippen molar-refractivity contribution in [2.45, 2.75) is 6.92 Å². The lowest BCUT2D eigenvalue weighted by atomic mass is 10.1. The highest BCUT2D eigenvalue weighted by Gasteiger charge is 2.07. The van der Waals surface area contributed by atoms with Gasteiger partial charge in [-0.15, -0.1) is 0 Å². The van der Waals surface area contributed by atoms with E-state index in [1.165, 1.54) is 0 Å². The van der Waals surface area contributed by atoms with Gasteiger partial charge in [0.1, 0.15) is 6.07 Å². The highest BCUT2D eigenvalue weighted by atomic mass is 79.9. The topological polar surface area (TPSA) is 59.6 Å². The van der Waals surface area contributed by atoms with Crippen LogP contribution in [0.1, 0.15) is 16.7 Å². The molecular weight excluding hydrogens is 302 g/mol. The number of aryl methyl sites for hydroxylation is 1.